The number of aliphatic hydroxyl groups excluding tert-OH is 1. The number of aliphatic hydroxyl groups is 1. The number of nitrogens with two attached hydrogens (primary N) is 1. The molecule has 1 aliphatic rings. The average Bonchev–Trinajstić information content (AvgIpc) is 3.00. The highest BCUT2D eigenvalue weighted by atomic mass is 16.3. The van der Waals surface area contributed by atoms with Gasteiger partial charge in [-0.2, -0.15) is 0 Å². The molecular weight excluding hydrogens is 266 g/mol. The molecule has 116 valence electrons. The number of carbonyl (C=O) groups excluding carboxylic acids is 1. The summed E-state index contributed by atoms with van der Waals surface area (Å²) in [5.41, 5.74) is 7.07. The van der Waals surface area contributed by atoms with E-state index < -0.39 is 0 Å². The molecule has 1 fully saturated rings. The number of anilines is 2. The Kier molecular flexibility index (Phi) is 6.02. The lowest BCUT2D eigenvalue weighted by Crippen LogP contribution is -2.37. The number of nitrogens with one attached hydrogen (secondary N) is 1. The van der Waals surface area contributed by atoms with Crippen molar-refractivity contribution >= 4 is 17.3 Å². The van der Waals surface area contributed by atoms with Crippen LogP contribution in [0.4, 0.5) is 11.4 Å². The first-order chi connectivity index (χ1) is 10.2. The molecule has 0 saturated heterocycles. The van der Waals surface area contributed by atoms with Gasteiger partial charge in [0.25, 0.3) is 0 Å². The van der Waals surface area contributed by atoms with Gasteiger partial charge in [0.05, 0.1) is 6.61 Å². The van der Waals surface area contributed by atoms with E-state index in [0.717, 1.165) is 5.69 Å². The Morgan fingerprint density at radius 3 is 2.52 bits per heavy atom. The monoisotopic (exact) mass is 291 g/mol. The van der Waals surface area contributed by atoms with E-state index in [4.69, 9.17) is 10.8 Å². The molecule has 0 unspecified atom stereocenters. The van der Waals surface area contributed by atoms with E-state index in [9.17, 15) is 4.79 Å². The van der Waals surface area contributed by atoms with Gasteiger partial charge < -0.3 is 16.2 Å². The Morgan fingerprint density at radius 2 is 1.90 bits per heavy atom. The van der Waals surface area contributed by atoms with Crippen LogP contribution >= 0.6 is 0 Å². The molecule has 1 amide bonds. The molecule has 0 atom stereocenters. The summed E-state index contributed by atoms with van der Waals surface area (Å²) >= 11 is 0. The lowest BCUT2D eigenvalue weighted by atomic mass is 10.2. The highest BCUT2D eigenvalue weighted by molar-refractivity contribution is 5.90. The lowest BCUT2D eigenvalue weighted by Gasteiger charge is -2.27. The van der Waals surface area contributed by atoms with Gasteiger partial charge in [-0.3, -0.25) is 9.69 Å². The van der Waals surface area contributed by atoms with Crippen LogP contribution in [0.25, 0.3) is 0 Å². The topological polar surface area (TPSA) is 78.6 Å². The fourth-order valence-corrected chi connectivity index (χ4v) is 2.91. The summed E-state index contributed by atoms with van der Waals surface area (Å²) in [5.74, 6) is 0.000656. The molecule has 1 saturated carbocycles. The molecular formula is C16H25N3O2. The summed E-state index contributed by atoms with van der Waals surface area (Å²) in [5, 5.41) is 12.0. The number of nitrogens with zero attached hydrogens (tertiary/aromatic N) is 1. The third-order valence-corrected chi connectivity index (χ3v) is 4.05. The average molecular weight is 291 g/mol. The highest BCUT2D eigenvalue weighted by Gasteiger charge is 2.22. The Hall–Kier alpha value is -1.59. The molecule has 0 bridgehead atoms. The molecule has 21 heavy (non-hydrogen) atoms. The van der Waals surface area contributed by atoms with Crippen molar-refractivity contribution in [3.05, 3.63) is 24.3 Å². The van der Waals surface area contributed by atoms with Crippen LogP contribution in [0.1, 0.15) is 32.1 Å². The molecule has 0 aromatic heterocycles. The summed E-state index contributed by atoms with van der Waals surface area (Å²) in [6.07, 6.45) is 5.31. The number of amides is 1. The van der Waals surface area contributed by atoms with Crippen LogP contribution in [0.3, 0.4) is 0 Å². The Bertz CT molecular complexity index is 441. The van der Waals surface area contributed by atoms with Crippen LogP contribution < -0.4 is 11.1 Å². The van der Waals surface area contributed by atoms with Crippen LogP contribution in [0.15, 0.2) is 24.3 Å². The minimum absolute atomic E-state index is 0.000656. The first-order valence-electron chi connectivity index (χ1n) is 7.69. The standard InChI is InChI=1S/C16H25N3O2/c17-13-5-7-14(8-6-13)18-16(21)9-10-19(11-12-20)15-3-1-2-4-15/h5-8,15,20H,1-4,9-12,17H2,(H,18,21). The molecule has 0 heterocycles. The van der Waals surface area contributed by atoms with Crippen molar-refractivity contribution in [1.29, 1.82) is 0 Å². The molecule has 1 aliphatic carbocycles. The quantitative estimate of drug-likeness (QED) is 0.670. The summed E-state index contributed by atoms with van der Waals surface area (Å²) in [4.78, 5) is 14.2. The number of benzene rings is 1. The van der Waals surface area contributed by atoms with Crippen LogP contribution in [0, 0.1) is 0 Å². The third-order valence-electron chi connectivity index (χ3n) is 4.05. The number of rotatable bonds is 7. The van der Waals surface area contributed by atoms with Gasteiger partial charge in [0.1, 0.15) is 0 Å². The van der Waals surface area contributed by atoms with Crippen LogP contribution in [-0.2, 0) is 4.79 Å². The fraction of sp³-hybridized carbons (Fsp3) is 0.562. The van der Waals surface area contributed by atoms with E-state index in [2.05, 4.69) is 10.2 Å². The van der Waals surface area contributed by atoms with Crippen molar-refractivity contribution in [2.75, 3.05) is 30.7 Å². The van der Waals surface area contributed by atoms with Gasteiger partial charge in [-0.1, -0.05) is 12.8 Å². The first kappa shape index (κ1) is 15.8. The van der Waals surface area contributed by atoms with Crippen LogP contribution in [0.2, 0.25) is 0 Å². The highest BCUT2D eigenvalue weighted by Crippen LogP contribution is 2.23. The minimum atomic E-state index is 0.000656. The predicted molar refractivity (Wildman–Crippen MR) is 85.0 cm³/mol. The Morgan fingerprint density at radius 1 is 1.24 bits per heavy atom. The van der Waals surface area contributed by atoms with Gasteiger partial charge in [-0.15, -0.1) is 0 Å². The zero-order valence-electron chi connectivity index (χ0n) is 12.4. The van der Waals surface area contributed by atoms with Crippen molar-refractivity contribution in [2.45, 2.75) is 38.1 Å². The molecule has 2 rings (SSSR count). The molecule has 5 nitrogen and oxygen atoms in total. The molecule has 5 heteroatoms. The van der Waals surface area contributed by atoms with Gasteiger partial charge >= 0.3 is 0 Å². The van der Waals surface area contributed by atoms with E-state index in [-0.39, 0.29) is 12.5 Å². The van der Waals surface area contributed by atoms with Crippen molar-refractivity contribution in [1.82, 2.24) is 4.90 Å². The summed E-state index contributed by atoms with van der Waals surface area (Å²) in [7, 11) is 0. The Balaban J connectivity index is 1.79. The summed E-state index contributed by atoms with van der Waals surface area (Å²) in [6.45, 7) is 1.50. The smallest absolute Gasteiger partial charge is 0.225 e. The first-order valence-corrected chi connectivity index (χ1v) is 7.69. The minimum Gasteiger partial charge on any atom is -0.399 e. The molecule has 0 spiro atoms. The fourth-order valence-electron chi connectivity index (χ4n) is 2.91. The SMILES string of the molecule is Nc1ccc(NC(=O)CCN(CCO)C2CCCC2)cc1. The number of carbonyl (C=O) groups is 1. The van der Waals surface area contributed by atoms with Gasteiger partial charge in [0, 0.05) is 36.9 Å². The third kappa shape index (κ3) is 5.02. The Labute approximate surface area is 126 Å². The van der Waals surface area contributed by atoms with E-state index in [1.165, 1.54) is 25.7 Å². The molecule has 0 radical (unpaired) electrons. The maximum Gasteiger partial charge on any atom is 0.225 e. The second-order valence-electron chi connectivity index (χ2n) is 5.62. The van der Waals surface area contributed by atoms with Crippen molar-refractivity contribution in [3.63, 3.8) is 0 Å². The summed E-state index contributed by atoms with van der Waals surface area (Å²) in [6, 6.07) is 7.67. The maximum atomic E-state index is 12.0. The van der Waals surface area contributed by atoms with Crippen LogP contribution in [0.5, 0.6) is 0 Å². The maximum absolute atomic E-state index is 12.0. The molecule has 0 aliphatic heterocycles. The van der Waals surface area contributed by atoms with Crippen molar-refractivity contribution in [2.24, 2.45) is 0 Å². The van der Waals surface area contributed by atoms with Gasteiger partial charge in [0.15, 0.2) is 0 Å². The number of nitrogen functional groups attached to an aromatic ring is 1. The summed E-state index contributed by atoms with van der Waals surface area (Å²) < 4.78 is 0. The van der Waals surface area contributed by atoms with Crippen LogP contribution in [-0.4, -0.2) is 41.7 Å². The zero-order valence-corrected chi connectivity index (χ0v) is 12.4. The normalized spacial score (nSPS) is 15.5. The lowest BCUT2D eigenvalue weighted by molar-refractivity contribution is -0.116. The van der Waals surface area contributed by atoms with Crippen molar-refractivity contribution in [3.8, 4) is 0 Å². The van der Waals surface area contributed by atoms with Gasteiger partial charge in [-0.05, 0) is 37.1 Å². The van der Waals surface area contributed by atoms with Gasteiger partial charge in [0.2, 0.25) is 5.91 Å². The van der Waals surface area contributed by atoms with Gasteiger partial charge in [-0.25, -0.2) is 0 Å². The predicted octanol–water partition coefficient (Wildman–Crippen LogP) is 1.83. The second-order valence-corrected chi connectivity index (χ2v) is 5.62. The van der Waals surface area contributed by atoms with E-state index in [1.807, 2.05) is 0 Å². The second kappa shape index (κ2) is 8.00. The van der Waals surface area contributed by atoms with E-state index in [0.29, 0.717) is 31.2 Å². The molecule has 1 aromatic carbocycles. The number of hydrogen-bond acceptors (Lipinski definition) is 4. The van der Waals surface area contributed by atoms with E-state index in [1.54, 1.807) is 24.3 Å². The zero-order chi connectivity index (χ0) is 15.1. The molecule has 1 aromatic rings. The largest absolute Gasteiger partial charge is 0.399 e. The number of hydrogen-bond donors (Lipinski definition) is 3. The van der Waals surface area contributed by atoms with Crippen molar-refractivity contribution < 1.29 is 9.90 Å². The van der Waals surface area contributed by atoms with E-state index >= 15 is 0 Å². The molecule has 4 N–H and O–H groups in total.